The molecule has 2 aromatic rings. The van der Waals surface area contributed by atoms with Crippen molar-refractivity contribution in [2.75, 3.05) is 31.5 Å². The lowest BCUT2D eigenvalue weighted by atomic mass is 10.1. The molecule has 3 rings (SSSR count). The summed E-state index contributed by atoms with van der Waals surface area (Å²) in [6, 6.07) is 5.95. The minimum absolute atomic E-state index is 0.196. The van der Waals surface area contributed by atoms with Gasteiger partial charge in [0.15, 0.2) is 5.82 Å². The van der Waals surface area contributed by atoms with Crippen molar-refractivity contribution in [2.24, 2.45) is 0 Å². The first-order chi connectivity index (χ1) is 11.4. The van der Waals surface area contributed by atoms with E-state index >= 15 is 0 Å². The highest BCUT2D eigenvalue weighted by atomic mass is 127. The maximum Gasteiger partial charge on any atom is 0.250 e. The molecule has 1 N–H and O–H groups in total. The van der Waals surface area contributed by atoms with Gasteiger partial charge in [0.25, 0.3) is 0 Å². The van der Waals surface area contributed by atoms with Crippen LogP contribution in [0.1, 0.15) is 25.1 Å². The van der Waals surface area contributed by atoms with Crippen LogP contribution >= 0.6 is 57.4 Å². The first-order valence-electron chi connectivity index (χ1n) is 7.94. The molecule has 1 aliphatic heterocycles. The number of piperidine rings is 1. The highest BCUT2D eigenvalue weighted by Crippen LogP contribution is 2.37. The second-order valence-corrected chi connectivity index (χ2v) is 9.41. The van der Waals surface area contributed by atoms with Crippen LogP contribution in [0.3, 0.4) is 0 Å². The zero-order valence-electron chi connectivity index (χ0n) is 13.0. The molecule has 1 aromatic carbocycles. The van der Waals surface area contributed by atoms with Crippen LogP contribution in [0.25, 0.3) is 10.9 Å². The lowest BCUT2D eigenvalue weighted by molar-refractivity contribution is 0.237. The highest BCUT2D eigenvalue weighted by molar-refractivity contribution is 14.1. The normalized spacial score (nSPS) is 16.5. The molecule has 0 bridgehead atoms. The smallest absolute Gasteiger partial charge is 0.250 e. The number of hydrogen-bond donors (Lipinski definition) is 1. The Morgan fingerprint density at radius 2 is 1.88 bits per heavy atom. The van der Waals surface area contributed by atoms with Crippen molar-refractivity contribution in [3.63, 3.8) is 0 Å². The molecule has 0 aliphatic carbocycles. The summed E-state index contributed by atoms with van der Waals surface area (Å²) in [7, 11) is 0. The van der Waals surface area contributed by atoms with Gasteiger partial charge in [0.05, 0.1) is 5.52 Å². The number of benzene rings is 1. The summed E-state index contributed by atoms with van der Waals surface area (Å²) in [5, 5.41) is 4.35. The second-order valence-electron chi connectivity index (χ2n) is 5.88. The number of rotatable bonds is 4. The number of fused-ring (bicyclic) bond motifs is 1. The highest BCUT2D eigenvalue weighted by Gasteiger charge is 2.28. The molecule has 130 valence electrons. The van der Waals surface area contributed by atoms with Crippen LogP contribution < -0.4 is 5.32 Å². The third kappa shape index (κ3) is 4.75. The number of anilines is 1. The third-order valence-electron chi connectivity index (χ3n) is 4.08. The molecular weight excluding hydrogens is 481 g/mol. The van der Waals surface area contributed by atoms with Crippen LogP contribution in [0.2, 0.25) is 0 Å². The van der Waals surface area contributed by atoms with Crippen LogP contribution in [0.4, 0.5) is 5.82 Å². The third-order valence-corrected chi connectivity index (χ3v) is 5.26. The van der Waals surface area contributed by atoms with Crippen molar-refractivity contribution in [1.29, 1.82) is 0 Å². The zero-order valence-corrected chi connectivity index (χ0v) is 17.5. The van der Waals surface area contributed by atoms with Gasteiger partial charge in [-0.15, -0.1) is 0 Å². The minimum Gasteiger partial charge on any atom is -0.368 e. The lowest BCUT2D eigenvalue weighted by Crippen LogP contribution is -2.33. The van der Waals surface area contributed by atoms with E-state index < -0.39 is 3.79 Å². The van der Waals surface area contributed by atoms with Crippen LogP contribution in [0.15, 0.2) is 18.2 Å². The van der Waals surface area contributed by atoms with E-state index in [-0.39, 0.29) is 5.82 Å². The Morgan fingerprint density at radius 3 is 2.58 bits per heavy atom. The molecule has 0 amide bonds. The van der Waals surface area contributed by atoms with E-state index in [9.17, 15) is 0 Å². The van der Waals surface area contributed by atoms with Gasteiger partial charge in [-0.1, -0.05) is 41.2 Å². The summed E-state index contributed by atoms with van der Waals surface area (Å²) in [6.07, 6.45) is 3.91. The fraction of sp³-hybridized carbons (Fsp3) is 0.500. The molecule has 0 saturated carbocycles. The molecule has 0 radical (unpaired) electrons. The summed E-state index contributed by atoms with van der Waals surface area (Å²) < 4.78 is -0.523. The zero-order chi connectivity index (χ0) is 17.2. The molecule has 2 heterocycles. The molecule has 1 fully saturated rings. The minimum atomic E-state index is -1.64. The predicted molar refractivity (Wildman–Crippen MR) is 110 cm³/mol. The van der Waals surface area contributed by atoms with Crippen molar-refractivity contribution in [1.82, 2.24) is 14.9 Å². The number of hydrogen-bond acceptors (Lipinski definition) is 4. The van der Waals surface area contributed by atoms with E-state index in [2.05, 4.69) is 42.8 Å². The van der Waals surface area contributed by atoms with Gasteiger partial charge >= 0.3 is 0 Å². The van der Waals surface area contributed by atoms with Gasteiger partial charge in [-0.2, -0.15) is 0 Å². The SMILES string of the molecule is ClC(Cl)(Cl)c1nc(NCCN2CCCCC2)c2cc(I)ccc2n1. The van der Waals surface area contributed by atoms with Crippen molar-refractivity contribution >= 4 is 74.1 Å². The quantitative estimate of drug-likeness (QED) is 0.477. The molecule has 8 heteroatoms. The molecule has 0 spiro atoms. The Hall–Kier alpha value is -0.0800. The Morgan fingerprint density at radius 1 is 1.12 bits per heavy atom. The van der Waals surface area contributed by atoms with Crippen LogP contribution in [0, 0.1) is 3.57 Å². The predicted octanol–water partition coefficient (Wildman–Crippen LogP) is 4.96. The molecule has 4 nitrogen and oxygen atoms in total. The van der Waals surface area contributed by atoms with Gasteiger partial charge in [0.1, 0.15) is 5.82 Å². The maximum atomic E-state index is 5.99. The van der Waals surface area contributed by atoms with Crippen molar-refractivity contribution in [3.05, 3.63) is 27.6 Å². The summed E-state index contributed by atoms with van der Waals surface area (Å²) in [6.45, 7) is 4.13. The van der Waals surface area contributed by atoms with E-state index in [0.717, 1.165) is 33.4 Å². The summed E-state index contributed by atoms with van der Waals surface area (Å²) in [5.41, 5.74) is 0.771. The number of halogens is 4. The summed E-state index contributed by atoms with van der Waals surface area (Å²) in [4.78, 5) is 11.3. The average Bonchev–Trinajstić information content (AvgIpc) is 2.55. The van der Waals surface area contributed by atoms with Gasteiger partial charge in [0.2, 0.25) is 3.79 Å². The van der Waals surface area contributed by atoms with E-state index in [1.807, 2.05) is 18.2 Å². The maximum absolute atomic E-state index is 5.99. The number of likely N-dealkylation sites (tertiary alicyclic amines) is 1. The Labute approximate surface area is 170 Å². The molecule has 0 atom stereocenters. The standard InChI is InChI=1S/C16H18Cl3IN4/c17-16(18,19)15-22-13-5-4-11(20)10-12(13)14(23-15)21-6-9-24-7-2-1-3-8-24/h4-5,10H,1-3,6-9H2,(H,21,22,23). The molecule has 0 unspecified atom stereocenters. The molecule has 1 aromatic heterocycles. The van der Waals surface area contributed by atoms with Gasteiger partial charge in [-0.05, 0) is 66.7 Å². The molecule has 24 heavy (non-hydrogen) atoms. The largest absolute Gasteiger partial charge is 0.368 e. The van der Waals surface area contributed by atoms with Crippen molar-refractivity contribution in [3.8, 4) is 0 Å². The Balaban J connectivity index is 1.82. The number of aromatic nitrogens is 2. The van der Waals surface area contributed by atoms with E-state index in [1.165, 1.54) is 32.4 Å². The van der Waals surface area contributed by atoms with Gasteiger partial charge in [-0.3, -0.25) is 0 Å². The Bertz CT molecular complexity index is 714. The van der Waals surface area contributed by atoms with Gasteiger partial charge < -0.3 is 10.2 Å². The Kier molecular flexibility index (Phi) is 6.30. The summed E-state index contributed by atoms with van der Waals surface area (Å²) >= 11 is 20.2. The fourth-order valence-corrected chi connectivity index (χ4v) is 3.62. The van der Waals surface area contributed by atoms with Crippen molar-refractivity contribution in [2.45, 2.75) is 23.1 Å². The second kappa shape index (κ2) is 8.08. The molecule has 1 aliphatic rings. The van der Waals surface area contributed by atoms with Crippen LogP contribution in [-0.2, 0) is 3.79 Å². The number of nitrogens with one attached hydrogen (secondary N) is 1. The fourth-order valence-electron chi connectivity index (χ4n) is 2.88. The monoisotopic (exact) mass is 498 g/mol. The van der Waals surface area contributed by atoms with Crippen LogP contribution in [-0.4, -0.2) is 41.0 Å². The van der Waals surface area contributed by atoms with Gasteiger partial charge in [0, 0.05) is 22.0 Å². The van der Waals surface area contributed by atoms with Crippen molar-refractivity contribution < 1.29 is 0 Å². The molecule has 1 saturated heterocycles. The van der Waals surface area contributed by atoms with Crippen LogP contribution in [0.5, 0.6) is 0 Å². The van der Waals surface area contributed by atoms with Gasteiger partial charge in [-0.25, -0.2) is 9.97 Å². The summed E-state index contributed by atoms with van der Waals surface area (Å²) in [5.74, 6) is 0.915. The van der Waals surface area contributed by atoms with E-state index in [0.29, 0.717) is 0 Å². The first-order valence-corrected chi connectivity index (χ1v) is 10.2. The number of alkyl halides is 3. The lowest BCUT2D eigenvalue weighted by Gasteiger charge is -2.26. The average molecular weight is 500 g/mol. The van der Waals surface area contributed by atoms with E-state index in [4.69, 9.17) is 34.8 Å². The molecular formula is C16H18Cl3IN4. The topological polar surface area (TPSA) is 41.1 Å². The first kappa shape index (κ1) is 18.7. The van der Waals surface area contributed by atoms with E-state index in [1.54, 1.807) is 0 Å². The number of nitrogens with zero attached hydrogens (tertiary/aromatic N) is 3.